The Morgan fingerprint density at radius 1 is 1.31 bits per heavy atom. The van der Waals surface area contributed by atoms with Gasteiger partial charge in [-0.05, 0) is 6.07 Å². The number of carboxylic acids is 2. The molecule has 3 N–H and O–H groups in total. The molecule has 0 saturated carbocycles. The molecule has 0 saturated heterocycles. The lowest BCUT2D eigenvalue weighted by molar-refractivity contribution is -0.142. The van der Waals surface area contributed by atoms with Crippen LogP contribution in [0.15, 0.2) is 23.1 Å². The maximum Gasteiger partial charge on any atom is 0.337 e. The standard InChI is InChI=1S/C9H9NO6/c11-4-6(9(15)16)10-3-5(8(13)14)1-2-7(10)12/h1-3,6,11H,4H2,(H,13,14)(H,15,16)/t6-/m0/s1. The summed E-state index contributed by atoms with van der Waals surface area (Å²) in [6.07, 6.45) is 0.889. The maximum absolute atomic E-state index is 11.3. The molecule has 1 rings (SSSR count). The summed E-state index contributed by atoms with van der Waals surface area (Å²) >= 11 is 0. The molecule has 0 aromatic carbocycles. The summed E-state index contributed by atoms with van der Waals surface area (Å²) in [5, 5.41) is 26.2. The van der Waals surface area contributed by atoms with Crippen LogP contribution in [0.2, 0.25) is 0 Å². The maximum atomic E-state index is 11.3. The average Bonchev–Trinajstić information content (AvgIpc) is 2.20. The van der Waals surface area contributed by atoms with Crippen LogP contribution in [-0.4, -0.2) is 38.4 Å². The van der Waals surface area contributed by atoms with E-state index in [0.29, 0.717) is 4.57 Å². The lowest BCUT2D eigenvalue weighted by Crippen LogP contribution is -2.32. The van der Waals surface area contributed by atoms with Crippen molar-refractivity contribution >= 4 is 11.9 Å². The van der Waals surface area contributed by atoms with Crippen LogP contribution in [0.3, 0.4) is 0 Å². The molecule has 1 aromatic heterocycles. The Labute approximate surface area is 89.2 Å². The van der Waals surface area contributed by atoms with Crippen molar-refractivity contribution in [2.24, 2.45) is 0 Å². The van der Waals surface area contributed by atoms with Gasteiger partial charge in [0.1, 0.15) is 0 Å². The monoisotopic (exact) mass is 227 g/mol. The zero-order valence-electron chi connectivity index (χ0n) is 8.03. The van der Waals surface area contributed by atoms with Crippen molar-refractivity contribution in [2.45, 2.75) is 6.04 Å². The number of aromatic nitrogens is 1. The van der Waals surface area contributed by atoms with Crippen molar-refractivity contribution in [3.63, 3.8) is 0 Å². The normalized spacial score (nSPS) is 12.1. The molecule has 7 nitrogen and oxygen atoms in total. The Morgan fingerprint density at radius 2 is 1.94 bits per heavy atom. The highest BCUT2D eigenvalue weighted by atomic mass is 16.4. The van der Waals surface area contributed by atoms with Crippen molar-refractivity contribution < 1.29 is 24.9 Å². The Balaban J connectivity index is 3.31. The third-order valence-corrected chi connectivity index (χ3v) is 1.98. The van der Waals surface area contributed by atoms with E-state index in [1.165, 1.54) is 0 Å². The van der Waals surface area contributed by atoms with Gasteiger partial charge in [-0.1, -0.05) is 0 Å². The van der Waals surface area contributed by atoms with Crippen LogP contribution >= 0.6 is 0 Å². The van der Waals surface area contributed by atoms with Crippen molar-refractivity contribution in [3.8, 4) is 0 Å². The number of pyridine rings is 1. The van der Waals surface area contributed by atoms with Gasteiger partial charge in [0, 0.05) is 12.3 Å². The Morgan fingerprint density at radius 3 is 2.38 bits per heavy atom. The molecule has 0 bridgehead atoms. The molecule has 0 aliphatic rings. The zero-order chi connectivity index (χ0) is 12.3. The largest absolute Gasteiger partial charge is 0.480 e. The van der Waals surface area contributed by atoms with Crippen LogP contribution in [0.5, 0.6) is 0 Å². The number of nitrogens with zero attached hydrogens (tertiary/aromatic N) is 1. The van der Waals surface area contributed by atoms with Gasteiger partial charge in [0.2, 0.25) is 0 Å². The van der Waals surface area contributed by atoms with E-state index in [0.717, 1.165) is 18.3 Å². The number of aliphatic carboxylic acids is 1. The summed E-state index contributed by atoms with van der Waals surface area (Å²) in [4.78, 5) is 32.6. The molecule has 16 heavy (non-hydrogen) atoms. The first-order valence-electron chi connectivity index (χ1n) is 4.26. The minimum absolute atomic E-state index is 0.223. The predicted molar refractivity (Wildman–Crippen MR) is 51.4 cm³/mol. The van der Waals surface area contributed by atoms with E-state index in [-0.39, 0.29) is 5.56 Å². The third kappa shape index (κ3) is 2.26. The predicted octanol–water partition coefficient (Wildman–Crippen LogP) is -0.836. The first-order valence-corrected chi connectivity index (χ1v) is 4.26. The van der Waals surface area contributed by atoms with Gasteiger partial charge in [-0.15, -0.1) is 0 Å². The van der Waals surface area contributed by atoms with Crippen molar-refractivity contribution in [3.05, 3.63) is 34.2 Å². The molecule has 1 heterocycles. The van der Waals surface area contributed by atoms with Crippen LogP contribution in [0.4, 0.5) is 0 Å². The molecular weight excluding hydrogens is 218 g/mol. The molecule has 1 aromatic rings. The molecule has 0 unspecified atom stereocenters. The third-order valence-electron chi connectivity index (χ3n) is 1.98. The number of aliphatic hydroxyl groups excluding tert-OH is 1. The minimum Gasteiger partial charge on any atom is -0.480 e. The highest BCUT2D eigenvalue weighted by Crippen LogP contribution is 2.05. The first kappa shape index (κ1) is 11.9. The summed E-state index contributed by atoms with van der Waals surface area (Å²) in [5.41, 5.74) is -0.911. The fourth-order valence-corrected chi connectivity index (χ4v) is 1.16. The van der Waals surface area contributed by atoms with Crippen LogP contribution < -0.4 is 5.56 Å². The summed E-state index contributed by atoms with van der Waals surface area (Å²) < 4.78 is 0.672. The number of aromatic carboxylic acids is 1. The van der Waals surface area contributed by atoms with E-state index in [9.17, 15) is 14.4 Å². The molecule has 0 fully saturated rings. The second kappa shape index (κ2) is 4.58. The second-order valence-corrected chi connectivity index (χ2v) is 3.01. The summed E-state index contributed by atoms with van der Waals surface area (Å²) in [5.74, 6) is -2.69. The summed E-state index contributed by atoms with van der Waals surface area (Å²) in [6, 6.07) is 0.527. The van der Waals surface area contributed by atoms with Gasteiger partial charge >= 0.3 is 11.9 Å². The second-order valence-electron chi connectivity index (χ2n) is 3.01. The molecule has 1 atom stereocenters. The molecule has 0 spiro atoms. The van der Waals surface area contributed by atoms with Gasteiger partial charge in [-0.2, -0.15) is 0 Å². The van der Waals surface area contributed by atoms with Gasteiger partial charge in [-0.3, -0.25) is 9.36 Å². The van der Waals surface area contributed by atoms with Gasteiger partial charge < -0.3 is 15.3 Å². The SMILES string of the molecule is O=C(O)c1ccc(=O)n([C@@H](CO)C(=O)O)c1. The van der Waals surface area contributed by atoms with E-state index < -0.39 is 30.1 Å². The smallest absolute Gasteiger partial charge is 0.337 e. The van der Waals surface area contributed by atoms with Gasteiger partial charge in [0.25, 0.3) is 5.56 Å². The van der Waals surface area contributed by atoms with Crippen molar-refractivity contribution in [1.82, 2.24) is 4.57 Å². The summed E-state index contributed by atoms with van der Waals surface area (Å²) in [7, 11) is 0. The summed E-state index contributed by atoms with van der Waals surface area (Å²) in [6.45, 7) is -0.793. The fourth-order valence-electron chi connectivity index (χ4n) is 1.16. The topological polar surface area (TPSA) is 117 Å². The molecule has 0 aliphatic heterocycles. The molecule has 0 radical (unpaired) electrons. The highest BCUT2D eigenvalue weighted by Gasteiger charge is 2.20. The minimum atomic E-state index is -1.48. The van der Waals surface area contributed by atoms with E-state index >= 15 is 0 Å². The number of hydrogen-bond donors (Lipinski definition) is 3. The lowest BCUT2D eigenvalue weighted by atomic mass is 10.2. The number of hydrogen-bond acceptors (Lipinski definition) is 4. The molecular formula is C9H9NO6. The average molecular weight is 227 g/mol. The molecule has 0 aliphatic carbocycles. The molecule has 7 heteroatoms. The Hall–Kier alpha value is -2.15. The molecule has 86 valence electrons. The number of rotatable bonds is 4. The highest BCUT2D eigenvalue weighted by molar-refractivity contribution is 5.87. The Bertz CT molecular complexity index is 477. The number of carboxylic acid groups (broad SMARTS) is 2. The van der Waals surface area contributed by atoms with Crippen LogP contribution in [-0.2, 0) is 4.79 Å². The number of aliphatic hydroxyl groups is 1. The molecule has 0 amide bonds. The van der Waals surface area contributed by atoms with Crippen LogP contribution in [0, 0.1) is 0 Å². The number of carbonyl (C=O) groups is 2. The van der Waals surface area contributed by atoms with Crippen molar-refractivity contribution in [2.75, 3.05) is 6.61 Å². The van der Waals surface area contributed by atoms with E-state index in [4.69, 9.17) is 15.3 Å². The first-order chi connectivity index (χ1) is 7.47. The Kier molecular flexibility index (Phi) is 3.41. The van der Waals surface area contributed by atoms with Crippen LogP contribution in [0.1, 0.15) is 16.4 Å². The van der Waals surface area contributed by atoms with E-state index in [1.54, 1.807) is 0 Å². The van der Waals surface area contributed by atoms with Gasteiger partial charge in [0.05, 0.1) is 12.2 Å². The van der Waals surface area contributed by atoms with E-state index in [1.807, 2.05) is 0 Å². The lowest BCUT2D eigenvalue weighted by Gasteiger charge is -2.12. The van der Waals surface area contributed by atoms with E-state index in [2.05, 4.69) is 0 Å². The van der Waals surface area contributed by atoms with Crippen LogP contribution in [0.25, 0.3) is 0 Å². The van der Waals surface area contributed by atoms with Gasteiger partial charge in [-0.25, -0.2) is 9.59 Å². The van der Waals surface area contributed by atoms with Crippen molar-refractivity contribution in [1.29, 1.82) is 0 Å². The van der Waals surface area contributed by atoms with Gasteiger partial charge in [0.15, 0.2) is 6.04 Å². The zero-order valence-corrected chi connectivity index (χ0v) is 8.03. The quantitative estimate of drug-likeness (QED) is 0.617. The fraction of sp³-hybridized carbons (Fsp3) is 0.222.